The van der Waals surface area contributed by atoms with Crippen molar-refractivity contribution < 1.29 is 9.66 Å². The van der Waals surface area contributed by atoms with Crippen LogP contribution in [0, 0.1) is 10.1 Å². The molecule has 1 aromatic heterocycles. The fourth-order valence-electron chi connectivity index (χ4n) is 1.42. The molecular weight excluding hydrogens is 274 g/mol. The SMILES string of the molecule is O=c1[nH]cnc(OCc2cccc(Cl)c2)c1[N+](=O)[O-]. The first-order valence-corrected chi connectivity index (χ1v) is 5.55. The van der Waals surface area contributed by atoms with Crippen LogP contribution in [0.2, 0.25) is 5.02 Å². The molecule has 2 aromatic rings. The predicted octanol–water partition coefficient (Wildman–Crippen LogP) is 1.91. The average molecular weight is 282 g/mol. The van der Waals surface area contributed by atoms with Crippen molar-refractivity contribution in [2.24, 2.45) is 0 Å². The molecule has 2 rings (SSSR count). The summed E-state index contributed by atoms with van der Waals surface area (Å²) in [4.78, 5) is 27.0. The largest absolute Gasteiger partial charge is 0.468 e. The number of halogens is 1. The third kappa shape index (κ3) is 3.08. The second-order valence-corrected chi connectivity index (χ2v) is 4.00. The second kappa shape index (κ2) is 5.49. The van der Waals surface area contributed by atoms with Gasteiger partial charge in [-0.05, 0) is 17.7 Å². The summed E-state index contributed by atoms with van der Waals surface area (Å²) < 4.78 is 5.19. The van der Waals surface area contributed by atoms with Gasteiger partial charge in [-0.2, -0.15) is 4.98 Å². The highest BCUT2D eigenvalue weighted by atomic mass is 35.5. The van der Waals surface area contributed by atoms with Crippen molar-refractivity contribution in [2.45, 2.75) is 6.61 Å². The van der Waals surface area contributed by atoms with Gasteiger partial charge >= 0.3 is 17.1 Å². The molecular formula is C11H8ClN3O4. The molecule has 0 aliphatic rings. The first kappa shape index (κ1) is 13.0. The average Bonchev–Trinajstić information content (AvgIpc) is 2.36. The minimum absolute atomic E-state index is 0.0256. The molecule has 19 heavy (non-hydrogen) atoms. The number of rotatable bonds is 4. The van der Waals surface area contributed by atoms with Crippen LogP contribution in [0.4, 0.5) is 5.69 Å². The number of aromatic nitrogens is 2. The molecule has 0 fully saturated rings. The van der Waals surface area contributed by atoms with Gasteiger partial charge in [0.2, 0.25) is 0 Å². The molecule has 0 aliphatic heterocycles. The molecule has 0 bridgehead atoms. The van der Waals surface area contributed by atoms with Crippen LogP contribution < -0.4 is 10.3 Å². The maximum Gasteiger partial charge on any atom is 0.395 e. The van der Waals surface area contributed by atoms with Crippen LogP contribution in [0.15, 0.2) is 35.4 Å². The van der Waals surface area contributed by atoms with Crippen molar-refractivity contribution in [1.82, 2.24) is 9.97 Å². The lowest BCUT2D eigenvalue weighted by Crippen LogP contribution is -2.14. The fraction of sp³-hybridized carbons (Fsp3) is 0.0909. The van der Waals surface area contributed by atoms with Gasteiger partial charge in [0.25, 0.3) is 0 Å². The van der Waals surface area contributed by atoms with Crippen LogP contribution in [0.3, 0.4) is 0 Å². The van der Waals surface area contributed by atoms with E-state index in [4.69, 9.17) is 16.3 Å². The van der Waals surface area contributed by atoms with Crippen LogP contribution >= 0.6 is 11.6 Å². The normalized spacial score (nSPS) is 10.2. The van der Waals surface area contributed by atoms with Gasteiger partial charge in [0, 0.05) is 5.02 Å². The number of aromatic amines is 1. The standard InChI is InChI=1S/C11H8ClN3O4/c12-8-3-1-2-7(4-8)5-19-11-9(15(17)18)10(16)13-6-14-11/h1-4,6H,5H2,(H,13,14,16). The lowest BCUT2D eigenvalue weighted by molar-refractivity contribution is -0.387. The number of ether oxygens (including phenoxy) is 1. The molecule has 1 aromatic carbocycles. The summed E-state index contributed by atoms with van der Waals surface area (Å²) in [7, 11) is 0. The Balaban J connectivity index is 2.23. The molecule has 0 aliphatic carbocycles. The molecule has 0 saturated carbocycles. The Kier molecular flexibility index (Phi) is 3.76. The van der Waals surface area contributed by atoms with Crippen molar-refractivity contribution in [3.63, 3.8) is 0 Å². The number of H-pyrrole nitrogens is 1. The van der Waals surface area contributed by atoms with E-state index in [1.807, 2.05) is 0 Å². The Bertz CT molecular complexity index is 671. The lowest BCUT2D eigenvalue weighted by atomic mass is 10.2. The van der Waals surface area contributed by atoms with E-state index in [0.29, 0.717) is 10.6 Å². The van der Waals surface area contributed by atoms with E-state index in [-0.39, 0.29) is 12.5 Å². The molecule has 1 heterocycles. The van der Waals surface area contributed by atoms with Crippen molar-refractivity contribution in [1.29, 1.82) is 0 Å². The van der Waals surface area contributed by atoms with Crippen LogP contribution in [-0.2, 0) is 6.61 Å². The summed E-state index contributed by atoms with van der Waals surface area (Å²) in [5.41, 5.74) is -0.866. The Morgan fingerprint density at radius 1 is 1.47 bits per heavy atom. The van der Waals surface area contributed by atoms with E-state index in [9.17, 15) is 14.9 Å². The van der Waals surface area contributed by atoms with Crippen molar-refractivity contribution in [3.05, 3.63) is 61.6 Å². The van der Waals surface area contributed by atoms with Gasteiger partial charge in [-0.25, -0.2) is 0 Å². The number of nitrogens with zero attached hydrogens (tertiary/aromatic N) is 2. The molecule has 0 saturated heterocycles. The number of benzene rings is 1. The van der Waals surface area contributed by atoms with Gasteiger partial charge in [0.15, 0.2) is 0 Å². The number of nitrogens with one attached hydrogen (secondary N) is 1. The molecule has 0 atom stereocenters. The highest BCUT2D eigenvalue weighted by Crippen LogP contribution is 2.19. The molecule has 7 nitrogen and oxygen atoms in total. The summed E-state index contributed by atoms with van der Waals surface area (Å²) >= 11 is 5.80. The van der Waals surface area contributed by atoms with Gasteiger partial charge in [0.05, 0.1) is 11.3 Å². The van der Waals surface area contributed by atoms with Crippen LogP contribution in [0.25, 0.3) is 0 Å². The quantitative estimate of drug-likeness (QED) is 0.682. The Morgan fingerprint density at radius 2 is 2.26 bits per heavy atom. The molecule has 0 amide bonds. The third-order valence-electron chi connectivity index (χ3n) is 2.24. The van der Waals surface area contributed by atoms with Crippen molar-refractivity contribution in [3.8, 4) is 5.88 Å². The van der Waals surface area contributed by atoms with Gasteiger partial charge < -0.3 is 9.72 Å². The van der Waals surface area contributed by atoms with Gasteiger partial charge in [-0.15, -0.1) is 0 Å². The van der Waals surface area contributed by atoms with Crippen molar-refractivity contribution in [2.75, 3.05) is 0 Å². The smallest absolute Gasteiger partial charge is 0.395 e. The minimum atomic E-state index is -0.860. The molecule has 8 heteroatoms. The van der Waals surface area contributed by atoms with Crippen molar-refractivity contribution >= 4 is 17.3 Å². The van der Waals surface area contributed by atoms with E-state index in [0.717, 1.165) is 6.33 Å². The topological polar surface area (TPSA) is 98.1 Å². The van der Waals surface area contributed by atoms with Gasteiger partial charge in [-0.1, -0.05) is 23.7 Å². The Morgan fingerprint density at radius 3 is 2.95 bits per heavy atom. The first-order valence-electron chi connectivity index (χ1n) is 5.17. The fourth-order valence-corrected chi connectivity index (χ4v) is 1.63. The van der Waals surface area contributed by atoms with Crippen LogP contribution in [0.1, 0.15) is 5.56 Å². The zero-order valence-corrected chi connectivity index (χ0v) is 10.3. The number of nitro groups is 1. The Hall–Kier alpha value is -2.41. The molecule has 0 spiro atoms. The summed E-state index contributed by atoms with van der Waals surface area (Å²) in [6, 6.07) is 6.81. The van der Waals surface area contributed by atoms with Crippen LogP contribution in [0.5, 0.6) is 5.88 Å². The molecule has 0 unspecified atom stereocenters. The summed E-state index contributed by atoms with van der Waals surface area (Å²) in [5, 5.41) is 11.3. The zero-order chi connectivity index (χ0) is 13.8. The maximum absolute atomic E-state index is 11.3. The first-order chi connectivity index (χ1) is 9.08. The molecule has 1 N–H and O–H groups in total. The van der Waals surface area contributed by atoms with Gasteiger partial charge in [0.1, 0.15) is 6.61 Å². The van der Waals surface area contributed by atoms with E-state index in [1.54, 1.807) is 24.3 Å². The second-order valence-electron chi connectivity index (χ2n) is 3.56. The van der Waals surface area contributed by atoms with E-state index >= 15 is 0 Å². The summed E-state index contributed by atoms with van der Waals surface area (Å²) in [6.45, 7) is 0.0256. The predicted molar refractivity (Wildman–Crippen MR) is 67.3 cm³/mol. The Labute approximate surface area is 112 Å². The maximum atomic E-state index is 11.3. The highest BCUT2D eigenvalue weighted by Gasteiger charge is 2.22. The van der Waals surface area contributed by atoms with E-state index in [2.05, 4.69) is 9.97 Å². The van der Waals surface area contributed by atoms with E-state index < -0.39 is 16.2 Å². The zero-order valence-electron chi connectivity index (χ0n) is 9.50. The molecule has 98 valence electrons. The lowest BCUT2D eigenvalue weighted by Gasteiger charge is -2.05. The number of hydrogen-bond donors (Lipinski definition) is 1. The monoisotopic (exact) mass is 281 g/mol. The van der Waals surface area contributed by atoms with Crippen LogP contribution in [-0.4, -0.2) is 14.9 Å². The number of hydrogen-bond acceptors (Lipinski definition) is 5. The summed E-state index contributed by atoms with van der Waals surface area (Å²) in [6.07, 6.45) is 1.04. The summed E-state index contributed by atoms with van der Waals surface area (Å²) in [5.74, 6) is -0.325. The van der Waals surface area contributed by atoms with Gasteiger partial charge in [-0.3, -0.25) is 14.9 Å². The molecule has 0 radical (unpaired) electrons. The highest BCUT2D eigenvalue weighted by molar-refractivity contribution is 6.30. The minimum Gasteiger partial charge on any atom is -0.468 e. The third-order valence-corrected chi connectivity index (χ3v) is 2.48. The van der Waals surface area contributed by atoms with E-state index in [1.165, 1.54) is 0 Å².